The molecule has 0 spiro atoms. The highest BCUT2D eigenvalue weighted by Crippen LogP contribution is 2.21. The third kappa shape index (κ3) is 49.0. The summed E-state index contributed by atoms with van der Waals surface area (Å²) in [5.41, 5.74) is 13.9. The lowest BCUT2D eigenvalue weighted by Crippen LogP contribution is -2.05. The van der Waals surface area contributed by atoms with Crippen molar-refractivity contribution in [3.63, 3.8) is 0 Å². The molecule has 79 heavy (non-hydrogen) atoms. The average Bonchev–Trinajstić information content (AvgIpc) is 3.41. The molecule has 0 aliphatic carbocycles. The Kier molecular flexibility index (Phi) is 49.1. The minimum absolute atomic E-state index is 0.291. The number of carbonyl (C=O) groups excluding carboxylic acids is 1. The van der Waals surface area contributed by atoms with Crippen molar-refractivity contribution in [3.05, 3.63) is 140 Å². The molecule has 0 amide bonds. The van der Waals surface area contributed by atoms with Crippen LogP contribution < -0.4 is 0 Å². The summed E-state index contributed by atoms with van der Waals surface area (Å²) in [5, 5.41) is 0.608. The van der Waals surface area contributed by atoms with Crippen LogP contribution in [0.4, 0.5) is 0 Å². The SMILES string of the molecule is CCCCCCCCCCCCCCCCCCCCCCCCCC(C)=CCCC(C)=CCCC(C)=CCCC(C)=CCCC(C)=CCCC(C)=CCCC(C)=CCCC(C)=CCCC(C)=CCOC(=O)c1ccc(Cl)cc1. The van der Waals surface area contributed by atoms with Crippen molar-refractivity contribution in [2.75, 3.05) is 6.61 Å². The van der Waals surface area contributed by atoms with Gasteiger partial charge in [-0.2, -0.15) is 0 Å². The van der Waals surface area contributed by atoms with E-state index in [-0.39, 0.29) is 5.97 Å². The summed E-state index contributed by atoms with van der Waals surface area (Å²) >= 11 is 5.91. The molecule has 1 aromatic carbocycles. The maximum absolute atomic E-state index is 12.2. The number of unbranched alkanes of at least 4 members (excludes halogenated alkanes) is 22. The van der Waals surface area contributed by atoms with Crippen molar-refractivity contribution in [2.24, 2.45) is 0 Å². The van der Waals surface area contributed by atoms with Crippen molar-refractivity contribution in [2.45, 2.75) is 326 Å². The van der Waals surface area contributed by atoms with Crippen LogP contribution in [0.25, 0.3) is 0 Å². The van der Waals surface area contributed by atoms with E-state index in [9.17, 15) is 4.79 Å². The second kappa shape index (κ2) is 52.7. The first-order chi connectivity index (χ1) is 38.3. The minimum atomic E-state index is -0.323. The zero-order valence-electron chi connectivity index (χ0n) is 53.7. The fraction of sp³-hybridized carbons (Fsp3) is 0.671. The normalized spacial score (nSPS) is 13.8. The van der Waals surface area contributed by atoms with Crippen molar-refractivity contribution < 1.29 is 9.53 Å². The Morgan fingerprint density at radius 2 is 0.532 bits per heavy atom. The van der Waals surface area contributed by atoms with E-state index in [1.165, 1.54) is 225 Å². The Labute approximate surface area is 496 Å². The zero-order chi connectivity index (χ0) is 57.8. The van der Waals surface area contributed by atoms with E-state index in [0.717, 1.165) is 70.6 Å². The van der Waals surface area contributed by atoms with Crippen LogP contribution in [0.15, 0.2) is 129 Å². The Morgan fingerprint density at radius 1 is 0.316 bits per heavy atom. The molecule has 0 radical (unpaired) electrons. The van der Waals surface area contributed by atoms with E-state index in [0.29, 0.717) is 17.2 Å². The minimum Gasteiger partial charge on any atom is -0.458 e. The highest BCUT2D eigenvalue weighted by Gasteiger charge is 2.06. The number of benzene rings is 1. The Hall–Kier alpha value is -3.36. The first kappa shape index (κ1) is 73.7. The monoisotopic (exact) mass is 1100 g/mol. The van der Waals surface area contributed by atoms with Crippen LogP contribution in [-0.2, 0) is 4.74 Å². The number of hydrogen-bond acceptors (Lipinski definition) is 2. The standard InChI is InChI=1S/C76H125ClO2/c1-11-12-13-14-15-16-17-18-19-20-21-22-23-24-25-26-27-28-29-30-31-32-33-42-65(2)43-34-44-66(3)45-35-46-67(4)47-36-48-68(5)49-37-50-69(6)51-38-52-70(7)53-39-54-71(8)55-40-56-72(9)57-41-58-73(10)63-64-79-76(78)74-59-61-75(77)62-60-74/h43,45,47,49,51,53,55,57,59-63H,11-42,44,46,48,50,52,54,56,58,64H2,1-10H3. The molecule has 1 rings (SSSR count). The van der Waals surface area contributed by atoms with Gasteiger partial charge in [-0.15, -0.1) is 0 Å². The lowest BCUT2D eigenvalue weighted by atomic mass is 10.0. The van der Waals surface area contributed by atoms with Gasteiger partial charge in [0.1, 0.15) is 6.61 Å². The van der Waals surface area contributed by atoms with Gasteiger partial charge in [-0.25, -0.2) is 4.79 Å². The quantitative estimate of drug-likeness (QED) is 0.0369. The fourth-order valence-electron chi connectivity index (χ4n) is 10.4. The molecule has 1 aromatic rings. The van der Waals surface area contributed by atoms with Gasteiger partial charge in [-0.05, 0) is 208 Å². The summed E-state index contributed by atoms with van der Waals surface area (Å²) in [4.78, 5) is 12.2. The van der Waals surface area contributed by atoms with E-state index in [1.807, 2.05) is 6.08 Å². The van der Waals surface area contributed by atoms with E-state index in [2.05, 4.69) is 118 Å². The van der Waals surface area contributed by atoms with Crippen LogP contribution >= 0.6 is 11.6 Å². The summed E-state index contributed by atoms with van der Waals surface area (Å²) in [5.74, 6) is -0.323. The molecule has 0 saturated carbocycles. The van der Waals surface area contributed by atoms with Crippen LogP contribution in [0.1, 0.15) is 336 Å². The molecule has 0 N–H and O–H groups in total. The number of halogens is 1. The first-order valence-corrected chi connectivity index (χ1v) is 33.5. The van der Waals surface area contributed by atoms with Gasteiger partial charge in [0, 0.05) is 5.02 Å². The molecule has 0 unspecified atom stereocenters. The number of carbonyl (C=O) groups is 1. The molecule has 0 fully saturated rings. The molecule has 0 aliphatic heterocycles. The lowest BCUT2D eigenvalue weighted by Gasteiger charge is -2.05. The second-order valence-corrected chi connectivity index (χ2v) is 24.8. The molecular weight excluding hydrogens is 980 g/mol. The van der Waals surface area contributed by atoms with Gasteiger partial charge in [0.05, 0.1) is 5.56 Å². The summed E-state index contributed by atoms with van der Waals surface area (Å²) < 4.78 is 5.39. The third-order valence-corrected chi connectivity index (χ3v) is 16.4. The zero-order valence-corrected chi connectivity index (χ0v) is 54.4. The average molecular weight is 1110 g/mol. The summed E-state index contributed by atoms with van der Waals surface area (Å²) in [6.07, 6.45) is 74.5. The number of ether oxygens (including phenoxy) is 1. The molecule has 448 valence electrons. The highest BCUT2D eigenvalue weighted by atomic mass is 35.5. The van der Waals surface area contributed by atoms with Gasteiger partial charge in [-0.1, -0.05) is 259 Å². The molecule has 2 nitrogen and oxygen atoms in total. The van der Waals surface area contributed by atoms with Gasteiger partial charge in [0.15, 0.2) is 0 Å². The molecule has 0 atom stereocenters. The Bertz CT molecular complexity index is 1960. The smallest absolute Gasteiger partial charge is 0.338 e. The predicted molar refractivity (Wildman–Crippen MR) is 356 cm³/mol. The molecule has 0 heterocycles. The number of hydrogen-bond donors (Lipinski definition) is 0. The van der Waals surface area contributed by atoms with E-state index < -0.39 is 0 Å². The Morgan fingerprint density at radius 3 is 0.785 bits per heavy atom. The van der Waals surface area contributed by atoms with Crippen LogP contribution in [0.2, 0.25) is 5.02 Å². The molecule has 0 aromatic heterocycles. The predicted octanol–water partition coefficient (Wildman–Crippen LogP) is 26.6. The molecular formula is C76H125ClO2. The molecule has 0 saturated heterocycles. The van der Waals surface area contributed by atoms with E-state index >= 15 is 0 Å². The Balaban J connectivity index is 2.06. The maximum atomic E-state index is 12.2. The van der Waals surface area contributed by atoms with Gasteiger partial charge in [0.2, 0.25) is 0 Å². The maximum Gasteiger partial charge on any atom is 0.338 e. The summed E-state index contributed by atoms with van der Waals surface area (Å²) in [6, 6.07) is 6.78. The van der Waals surface area contributed by atoms with Gasteiger partial charge >= 0.3 is 5.97 Å². The topological polar surface area (TPSA) is 26.3 Å². The van der Waals surface area contributed by atoms with E-state index in [4.69, 9.17) is 16.3 Å². The van der Waals surface area contributed by atoms with Gasteiger partial charge in [-0.3, -0.25) is 0 Å². The van der Waals surface area contributed by atoms with E-state index in [1.54, 1.807) is 35.4 Å². The van der Waals surface area contributed by atoms with Crippen molar-refractivity contribution in [1.82, 2.24) is 0 Å². The van der Waals surface area contributed by atoms with Crippen LogP contribution in [0, 0.1) is 0 Å². The van der Waals surface area contributed by atoms with Crippen molar-refractivity contribution in [3.8, 4) is 0 Å². The van der Waals surface area contributed by atoms with Gasteiger partial charge < -0.3 is 4.74 Å². The molecule has 0 aliphatic rings. The third-order valence-electron chi connectivity index (χ3n) is 16.2. The first-order valence-electron chi connectivity index (χ1n) is 33.1. The van der Waals surface area contributed by atoms with Gasteiger partial charge in [0.25, 0.3) is 0 Å². The number of rotatable bonds is 51. The van der Waals surface area contributed by atoms with Crippen LogP contribution in [0.5, 0.6) is 0 Å². The molecule has 0 bridgehead atoms. The molecule has 3 heteroatoms. The number of allylic oxidation sites excluding steroid dienone is 17. The summed E-state index contributed by atoms with van der Waals surface area (Å²) in [6.45, 7) is 23.1. The van der Waals surface area contributed by atoms with Crippen LogP contribution in [-0.4, -0.2) is 12.6 Å². The lowest BCUT2D eigenvalue weighted by molar-refractivity contribution is 0.0549. The second-order valence-electron chi connectivity index (χ2n) is 24.4. The number of esters is 1. The fourth-order valence-corrected chi connectivity index (χ4v) is 10.5. The highest BCUT2D eigenvalue weighted by molar-refractivity contribution is 6.30. The van der Waals surface area contributed by atoms with Crippen molar-refractivity contribution >= 4 is 17.6 Å². The largest absolute Gasteiger partial charge is 0.458 e. The summed E-state index contributed by atoms with van der Waals surface area (Å²) in [7, 11) is 0. The van der Waals surface area contributed by atoms with Crippen molar-refractivity contribution in [1.29, 1.82) is 0 Å². The van der Waals surface area contributed by atoms with Crippen LogP contribution in [0.3, 0.4) is 0 Å².